The molecule has 4 aromatic rings. The molecule has 0 aliphatic carbocycles. The van der Waals surface area contributed by atoms with Gasteiger partial charge in [-0.1, -0.05) is 84.4 Å². The van der Waals surface area contributed by atoms with Crippen LogP contribution in [-0.2, 0) is 12.8 Å². The van der Waals surface area contributed by atoms with E-state index in [1.807, 2.05) is 0 Å². The van der Waals surface area contributed by atoms with Crippen molar-refractivity contribution in [3.05, 3.63) is 102 Å². The fourth-order valence-electron chi connectivity index (χ4n) is 3.24. The van der Waals surface area contributed by atoms with Crippen molar-refractivity contribution >= 4 is 10.8 Å². The first-order valence-corrected chi connectivity index (χ1v) is 8.79. The quantitative estimate of drug-likeness (QED) is 0.449. The summed E-state index contributed by atoms with van der Waals surface area (Å²) in [7, 11) is 0. The lowest BCUT2D eigenvalue weighted by atomic mass is 10.0. The van der Waals surface area contributed by atoms with E-state index in [-0.39, 0.29) is 0 Å². The number of rotatable bonds is 4. The summed E-state index contributed by atoms with van der Waals surface area (Å²) in [5.74, 6) is 0. The number of hydrogen-bond donors (Lipinski definition) is 0. The lowest BCUT2D eigenvalue weighted by Crippen LogP contribution is -1.98. The first-order chi connectivity index (χ1) is 12.3. The molecule has 0 aliphatic rings. The van der Waals surface area contributed by atoms with Crippen molar-refractivity contribution in [2.24, 2.45) is 0 Å². The van der Waals surface area contributed by atoms with E-state index in [9.17, 15) is 0 Å². The predicted molar refractivity (Wildman–Crippen MR) is 106 cm³/mol. The van der Waals surface area contributed by atoms with Crippen molar-refractivity contribution in [1.82, 2.24) is 4.98 Å². The Balaban J connectivity index is 1.74. The molecule has 0 saturated carbocycles. The van der Waals surface area contributed by atoms with Gasteiger partial charge in [0.05, 0.1) is 5.69 Å². The second kappa shape index (κ2) is 6.90. The molecule has 0 bridgehead atoms. The van der Waals surface area contributed by atoms with Crippen molar-refractivity contribution in [3.8, 4) is 11.3 Å². The SMILES string of the molecule is Cc1ccc(-c2cc3ccccc3c(CCc3ccccc3)n2)cc1. The van der Waals surface area contributed by atoms with E-state index >= 15 is 0 Å². The first kappa shape index (κ1) is 15.6. The number of aromatic nitrogens is 1. The van der Waals surface area contributed by atoms with Crippen molar-refractivity contribution in [2.75, 3.05) is 0 Å². The Morgan fingerprint density at radius 3 is 2.24 bits per heavy atom. The predicted octanol–water partition coefficient (Wildman–Crippen LogP) is 6.00. The third-order valence-corrected chi connectivity index (χ3v) is 4.66. The molecule has 0 radical (unpaired) electrons. The van der Waals surface area contributed by atoms with Crippen LogP contribution in [0.4, 0.5) is 0 Å². The Morgan fingerprint density at radius 2 is 1.44 bits per heavy atom. The van der Waals surface area contributed by atoms with Gasteiger partial charge in [-0.25, -0.2) is 0 Å². The fourth-order valence-corrected chi connectivity index (χ4v) is 3.24. The molecule has 1 aromatic heterocycles. The van der Waals surface area contributed by atoms with Crippen LogP contribution in [0.1, 0.15) is 16.8 Å². The summed E-state index contributed by atoms with van der Waals surface area (Å²) in [4.78, 5) is 5.02. The molecule has 4 rings (SSSR count). The molecule has 0 unspecified atom stereocenters. The van der Waals surface area contributed by atoms with Gasteiger partial charge < -0.3 is 0 Å². The maximum Gasteiger partial charge on any atom is 0.0711 e. The molecule has 1 heterocycles. The maximum atomic E-state index is 5.02. The van der Waals surface area contributed by atoms with E-state index in [4.69, 9.17) is 4.98 Å². The normalized spacial score (nSPS) is 10.9. The van der Waals surface area contributed by atoms with Gasteiger partial charge in [-0.15, -0.1) is 0 Å². The molecule has 0 aliphatic heterocycles. The number of aryl methyl sites for hydroxylation is 3. The van der Waals surface area contributed by atoms with E-state index in [0.717, 1.165) is 18.5 Å². The summed E-state index contributed by atoms with van der Waals surface area (Å²) in [5.41, 5.74) is 6.04. The minimum atomic E-state index is 0.949. The minimum absolute atomic E-state index is 0.949. The average molecular weight is 323 g/mol. The van der Waals surface area contributed by atoms with Gasteiger partial charge in [-0.3, -0.25) is 4.98 Å². The molecule has 3 aromatic carbocycles. The zero-order valence-corrected chi connectivity index (χ0v) is 14.4. The monoisotopic (exact) mass is 323 g/mol. The molecular weight excluding hydrogens is 302 g/mol. The Kier molecular flexibility index (Phi) is 4.30. The average Bonchev–Trinajstić information content (AvgIpc) is 2.67. The van der Waals surface area contributed by atoms with Crippen LogP contribution < -0.4 is 0 Å². The molecule has 122 valence electrons. The Labute approximate surface area is 149 Å². The molecule has 1 heteroatoms. The van der Waals surface area contributed by atoms with Crippen LogP contribution >= 0.6 is 0 Å². The van der Waals surface area contributed by atoms with E-state index in [2.05, 4.69) is 91.9 Å². The van der Waals surface area contributed by atoms with Crippen LogP contribution in [0, 0.1) is 6.92 Å². The van der Waals surface area contributed by atoms with E-state index in [1.165, 1.54) is 33.2 Å². The highest BCUT2D eigenvalue weighted by molar-refractivity contribution is 5.88. The van der Waals surface area contributed by atoms with E-state index in [1.54, 1.807) is 0 Å². The van der Waals surface area contributed by atoms with Crippen molar-refractivity contribution in [1.29, 1.82) is 0 Å². The van der Waals surface area contributed by atoms with Gasteiger partial charge in [-0.2, -0.15) is 0 Å². The first-order valence-electron chi connectivity index (χ1n) is 8.79. The molecule has 0 atom stereocenters. The summed E-state index contributed by atoms with van der Waals surface area (Å²) in [6.07, 6.45) is 1.96. The molecule has 0 N–H and O–H groups in total. The zero-order valence-electron chi connectivity index (χ0n) is 14.4. The highest BCUT2D eigenvalue weighted by Crippen LogP contribution is 2.26. The Hall–Kier alpha value is -2.93. The number of pyridine rings is 1. The van der Waals surface area contributed by atoms with Crippen LogP contribution in [0.25, 0.3) is 22.0 Å². The molecule has 25 heavy (non-hydrogen) atoms. The molecular formula is C24H21N. The van der Waals surface area contributed by atoms with Crippen LogP contribution in [0.2, 0.25) is 0 Å². The summed E-state index contributed by atoms with van der Waals surface area (Å²) in [6, 6.07) is 30.0. The van der Waals surface area contributed by atoms with E-state index in [0.29, 0.717) is 0 Å². The van der Waals surface area contributed by atoms with Crippen molar-refractivity contribution in [3.63, 3.8) is 0 Å². The van der Waals surface area contributed by atoms with Crippen LogP contribution in [0.15, 0.2) is 84.9 Å². The second-order valence-electron chi connectivity index (χ2n) is 6.53. The lowest BCUT2D eigenvalue weighted by molar-refractivity contribution is 0.927. The van der Waals surface area contributed by atoms with Crippen molar-refractivity contribution in [2.45, 2.75) is 19.8 Å². The van der Waals surface area contributed by atoms with Gasteiger partial charge in [0.1, 0.15) is 0 Å². The highest BCUT2D eigenvalue weighted by Gasteiger charge is 2.08. The largest absolute Gasteiger partial charge is 0.252 e. The van der Waals surface area contributed by atoms with Gasteiger partial charge in [0.2, 0.25) is 0 Å². The number of nitrogens with zero attached hydrogens (tertiary/aromatic N) is 1. The molecule has 0 amide bonds. The Bertz CT molecular complexity index is 985. The summed E-state index contributed by atoms with van der Waals surface area (Å²) >= 11 is 0. The van der Waals surface area contributed by atoms with Gasteiger partial charge in [0, 0.05) is 16.6 Å². The molecule has 0 saturated heterocycles. The second-order valence-corrected chi connectivity index (χ2v) is 6.53. The lowest BCUT2D eigenvalue weighted by Gasteiger charge is -2.10. The minimum Gasteiger partial charge on any atom is -0.252 e. The number of fused-ring (bicyclic) bond motifs is 1. The van der Waals surface area contributed by atoms with E-state index < -0.39 is 0 Å². The highest BCUT2D eigenvalue weighted by atomic mass is 14.7. The standard InChI is InChI=1S/C24H21N/c1-18-11-14-20(15-12-18)24-17-21-9-5-6-10-22(21)23(25-24)16-13-19-7-3-2-4-8-19/h2-12,14-15,17H,13,16H2,1H3. The third kappa shape index (κ3) is 3.46. The molecule has 0 fully saturated rings. The zero-order chi connectivity index (χ0) is 17.1. The van der Waals surface area contributed by atoms with Gasteiger partial charge >= 0.3 is 0 Å². The molecule has 0 spiro atoms. The fraction of sp³-hybridized carbons (Fsp3) is 0.125. The topological polar surface area (TPSA) is 12.9 Å². The van der Waals surface area contributed by atoms with Gasteiger partial charge in [-0.05, 0) is 36.8 Å². The van der Waals surface area contributed by atoms with Gasteiger partial charge in [0.15, 0.2) is 0 Å². The summed E-state index contributed by atoms with van der Waals surface area (Å²) in [5, 5.41) is 2.52. The number of benzene rings is 3. The summed E-state index contributed by atoms with van der Waals surface area (Å²) in [6.45, 7) is 2.11. The summed E-state index contributed by atoms with van der Waals surface area (Å²) < 4.78 is 0. The van der Waals surface area contributed by atoms with Gasteiger partial charge in [0.25, 0.3) is 0 Å². The van der Waals surface area contributed by atoms with Crippen molar-refractivity contribution < 1.29 is 0 Å². The van der Waals surface area contributed by atoms with Crippen LogP contribution in [0.5, 0.6) is 0 Å². The molecule has 1 nitrogen and oxygen atoms in total. The number of hydrogen-bond acceptors (Lipinski definition) is 1. The Morgan fingerprint density at radius 1 is 0.720 bits per heavy atom. The third-order valence-electron chi connectivity index (χ3n) is 4.66. The van der Waals surface area contributed by atoms with Crippen LogP contribution in [-0.4, -0.2) is 4.98 Å². The van der Waals surface area contributed by atoms with Crippen LogP contribution in [0.3, 0.4) is 0 Å². The smallest absolute Gasteiger partial charge is 0.0711 e. The maximum absolute atomic E-state index is 5.02.